The van der Waals surface area contributed by atoms with Gasteiger partial charge in [-0.3, -0.25) is 9.59 Å². The van der Waals surface area contributed by atoms with E-state index in [-0.39, 0.29) is 11.5 Å². The van der Waals surface area contributed by atoms with E-state index in [1.54, 1.807) is 60.7 Å². The molecule has 0 aliphatic carbocycles. The predicted octanol–water partition coefficient (Wildman–Crippen LogP) is 5.71. The number of rotatable bonds is 6. The van der Waals surface area contributed by atoms with Gasteiger partial charge in [-0.1, -0.05) is 23.7 Å². The summed E-state index contributed by atoms with van der Waals surface area (Å²) in [5.74, 6) is 0.336. The first kappa shape index (κ1) is 20.3. The number of ether oxygens (including phenoxy) is 1. The van der Waals surface area contributed by atoms with Crippen molar-refractivity contribution in [3.63, 3.8) is 0 Å². The van der Waals surface area contributed by atoms with Crippen LogP contribution in [0.5, 0.6) is 5.75 Å². The van der Waals surface area contributed by atoms with Crippen LogP contribution < -0.4 is 15.4 Å². The van der Waals surface area contributed by atoms with Gasteiger partial charge in [-0.25, -0.2) is 0 Å². The van der Waals surface area contributed by atoms with Crippen LogP contribution in [0.2, 0.25) is 5.02 Å². The number of carbonyl (C=O) groups is 2. The number of benzene rings is 2. The zero-order valence-corrected chi connectivity index (χ0v) is 17.1. The first-order valence-corrected chi connectivity index (χ1v) is 9.61. The molecule has 0 saturated heterocycles. The highest BCUT2D eigenvalue weighted by molar-refractivity contribution is 6.30. The van der Waals surface area contributed by atoms with Gasteiger partial charge in [-0.15, -0.1) is 0 Å². The van der Waals surface area contributed by atoms with Crippen molar-refractivity contribution in [2.24, 2.45) is 0 Å². The Bertz CT molecular complexity index is 1230. The lowest BCUT2D eigenvalue weighted by Crippen LogP contribution is -2.14. The van der Waals surface area contributed by atoms with Crippen molar-refractivity contribution in [3.8, 4) is 17.1 Å². The fourth-order valence-electron chi connectivity index (χ4n) is 2.92. The Kier molecular flexibility index (Phi) is 5.77. The minimum Gasteiger partial charge on any atom is -0.495 e. The zero-order valence-electron chi connectivity index (χ0n) is 16.3. The van der Waals surface area contributed by atoms with Crippen LogP contribution in [0.1, 0.15) is 21.1 Å². The monoisotopic (exact) mass is 436 g/mol. The summed E-state index contributed by atoms with van der Waals surface area (Å²) in [6.45, 7) is 0. The number of methoxy groups -OCH3 is 1. The van der Waals surface area contributed by atoms with Crippen molar-refractivity contribution in [2.45, 2.75) is 0 Å². The smallest absolute Gasteiger partial charge is 0.291 e. The van der Waals surface area contributed by atoms with Crippen LogP contribution in [0.4, 0.5) is 11.4 Å². The van der Waals surface area contributed by atoms with E-state index in [0.29, 0.717) is 27.9 Å². The minimum absolute atomic E-state index is 0.113. The number of amides is 2. The standard InChI is InChI=1S/C23H17ClN2O5/c1-29-19-8-7-16(25-22(27)20-6-3-11-30-20)13-17(19)26-23(28)21-10-9-18(31-21)14-4-2-5-15(24)12-14/h2-13H,1H3,(H,25,27)(H,26,28). The number of furan rings is 2. The van der Waals surface area contributed by atoms with Crippen molar-refractivity contribution >= 4 is 34.8 Å². The Morgan fingerprint density at radius 1 is 0.903 bits per heavy atom. The average molecular weight is 437 g/mol. The molecule has 2 aromatic carbocycles. The van der Waals surface area contributed by atoms with E-state index in [9.17, 15) is 9.59 Å². The molecule has 4 rings (SSSR count). The van der Waals surface area contributed by atoms with Crippen LogP contribution in [0, 0.1) is 0 Å². The molecule has 2 aromatic heterocycles. The Labute approximate surface area is 182 Å². The molecule has 2 amide bonds. The third-order valence-corrected chi connectivity index (χ3v) is 4.62. The van der Waals surface area contributed by atoms with E-state index in [1.165, 1.54) is 13.4 Å². The molecule has 0 bridgehead atoms. The molecule has 0 spiro atoms. The molecule has 0 radical (unpaired) electrons. The summed E-state index contributed by atoms with van der Waals surface area (Å²) in [5, 5.41) is 6.02. The molecule has 2 heterocycles. The molecule has 0 atom stereocenters. The van der Waals surface area contributed by atoms with Gasteiger partial charge in [0.2, 0.25) is 0 Å². The quantitative estimate of drug-likeness (QED) is 0.404. The second-order valence-corrected chi connectivity index (χ2v) is 6.91. The van der Waals surface area contributed by atoms with E-state index in [2.05, 4.69) is 10.6 Å². The summed E-state index contributed by atoms with van der Waals surface area (Å²) in [7, 11) is 1.48. The maximum atomic E-state index is 12.7. The fraction of sp³-hybridized carbons (Fsp3) is 0.0435. The zero-order chi connectivity index (χ0) is 21.8. The molecule has 4 aromatic rings. The van der Waals surface area contributed by atoms with Gasteiger partial charge in [0.15, 0.2) is 11.5 Å². The maximum absolute atomic E-state index is 12.7. The lowest BCUT2D eigenvalue weighted by Gasteiger charge is -2.12. The van der Waals surface area contributed by atoms with Crippen LogP contribution in [0.15, 0.2) is 81.8 Å². The van der Waals surface area contributed by atoms with Crippen LogP contribution in [-0.4, -0.2) is 18.9 Å². The summed E-state index contributed by atoms with van der Waals surface area (Å²) < 4.78 is 16.1. The summed E-state index contributed by atoms with van der Waals surface area (Å²) in [5.41, 5.74) is 1.58. The molecule has 0 unspecified atom stereocenters. The van der Waals surface area contributed by atoms with Gasteiger partial charge in [0.05, 0.1) is 19.1 Å². The summed E-state index contributed by atoms with van der Waals surface area (Å²) in [6, 6.07) is 18.4. The predicted molar refractivity (Wildman–Crippen MR) is 117 cm³/mol. The Balaban J connectivity index is 1.53. The normalized spacial score (nSPS) is 10.5. The summed E-state index contributed by atoms with van der Waals surface area (Å²) >= 11 is 6.02. The van der Waals surface area contributed by atoms with Crippen molar-refractivity contribution in [1.82, 2.24) is 0 Å². The highest BCUT2D eigenvalue weighted by Gasteiger charge is 2.16. The van der Waals surface area contributed by atoms with Crippen LogP contribution in [0.25, 0.3) is 11.3 Å². The van der Waals surface area contributed by atoms with Crippen LogP contribution in [-0.2, 0) is 0 Å². The topological polar surface area (TPSA) is 93.7 Å². The second-order valence-electron chi connectivity index (χ2n) is 6.47. The first-order valence-electron chi connectivity index (χ1n) is 9.23. The van der Waals surface area contributed by atoms with Gasteiger partial charge >= 0.3 is 0 Å². The van der Waals surface area contributed by atoms with Gasteiger partial charge in [-0.05, 0) is 54.6 Å². The summed E-state index contributed by atoms with van der Waals surface area (Å²) in [4.78, 5) is 24.9. The van der Waals surface area contributed by atoms with E-state index >= 15 is 0 Å². The molecule has 7 nitrogen and oxygen atoms in total. The largest absolute Gasteiger partial charge is 0.495 e. The van der Waals surface area contributed by atoms with Crippen molar-refractivity contribution in [2.75, 3.05) is 17.7 Å². The summed E-state index contributed by atoms with van der Waals surface area (Å²) in [6.07, 6.45) is 1.41. The number of halogens is 1. The maximum Gasteiger partial charge on any atom is 0.291 e. The molecular formula is C23H17ClN2O5. The first-order chi connectivity index (χ1) is 15.0. The lowest BCUT2D eigenvalue weighted by molar-refractivity contribution is 0.0990. The molecule has 8 heteroatoms. The molecule has 0 aliphatic heterocycles. The Morgan fingerprint density at radius 3 is 2.48 bits per heavy atom. The molecule has 31 heavy (non-hydrogen) atoms. The fourth-order valence-corrected chi connectivity index (χ4v) is 3.11. The molecule has 0 aliphatic rings. The number of anilines is 2. The van der Waals surface area contributed by atoms with Crippen molar-refractivity contribution in [1.29, 1.82) is 0 Å². The van der Waals surface area contributed by atoms with Crippen molar-refractivity contribution in [3.05, 3.63) is 89.5 Å². The van der Waals surface area contributed by atoms with Gasteiger partial charge in [0.25, 0.3) is 11.8 Å². The molecule has 0 saturated carbocycles. The van der Waals surface area contributed by atoms with Crippen molar-refractivity contribution < 1.29 is 23.2 Å². The van der Waals surface area contributed by atoms with E-state index < -0.39 is 11.8 Å². The number of hydrogen-bond donors (Lipinski definition) is 2. The third kappa shape index (κ3) is 4.62. The van der Waals surface area contributed by atoms with Gasteiger partial charge < -0.3 is 24.2 Å². The van der Waals surface area contributed by atoms with E-state index in [4.69, 9.17) is 25.2 Å². The van der Waals surface area contributed by atoms with Crippen LogP contribution in [0.3, 0.4) is 0 Å². The Hall–Kier alpha value is -3.97. The number of carbonyl (C=O) groups excluding carboxylic acids is 2. The van der Waals surface area contributed by atoms with Gasteiger partial charge in [0.1, 0.15) is 11.5 Å². The van der Waals surface area contributed by atoms with Gasteiger partial charge in [-0.2, -0.15) is 0 Å². The number of nitrogens with one attached hydrogen (secondary N) is 2. The number of hydrogen-bond acceptors (Lipinski definition) is 5. The lowest BCUT2D eigenvalue weighted by atomic mass is 10.2. The minimum atomic E-state index is -0.471. The SMILES string of the molecule is COc1ccc(NC(=O)c2ccco2)cc1NC(=O)c1ccc(-c2cccc(Cl)c2)o1. The van der Waals surface area contributed by atoms with Crippen LogP contribution >= 0.6 is 11.6 Å². The highest BCUT2D eigenvalue weighted by Crippen LogP contribution is 2.30. The molecule has 156 valence electrons. The Morgan fingerprint density at radius 2 is 1.74 bits per heavy atom. The average Bonchev–Trinajstić information content (AvgIpc) is 3.46. The molecule has 2 N–H and O–H groups in total. The van der Waals surface area contributed by atoms with E-state index in [0.717, 1.165) is 5.56 Å². The highest BCUT2D eigenvalue weighted by atomic mass is 35.5. The molecule has 0 fully saturated rings. The third-order valence-electron chi connectivity index (χ3n) is 4.39. The molecular weight excluding hydrogens is 420 g/mol. The second kappa shape index (κ2) is 8.81. The van der Waals surface area contributed by atoms with Gasteiger partial charge in [0, 0.05) is 16.3 Å². The van der Waals surface area contributed by atoms with E-state index in [1.807, 2.05) is 6.07 Å².